The second-order valence-electron chi connectivity index (χ2n) is 5.87. The fraction of sp³-hybridized carbons (Fsp3) is 0.100. The summed E-state index contributed by atoms with van der Waals surface area (Å²) in [6.45, 7) is 0.0944. The van der Waals surface area contributed by atoms with Crippen molar-refractivity contribution in [2.24, 2.45) is 0 Å². The summed E-state index contributed by atoms with van der Waals surface area (Å²) in [4.78, 5) is 12.0. The van der Waals surface area contributed by atoms with Gasteiger partial charge in [0.25, 0.3) is 5.91 Å². The topological polar surface area (TPSA) is 63.5 Å². The van der Waals surface area contributed by atoms with E-state index in [0.717, 1.165) is 15.8 Å². The first-order valence-electron chi connectivity index (χ1n) is 8.41. The van der Waals surface area contributed by atoms with Gasteiger partial charge >= 0.3 is 0 Å². The third kappa shape index (κ3) is 6.47. The average Bonchev–Trinajstić information content (AvgIpc) is 3.15. The van der Waals surface area contributed by atoms with Gasteiger partial charge in [-0.15, -0.1) is 0 Å². The number of thiocarbonyl (C=S) groups is 1. The number of nitrogens with one attached hydrogen (secondary N) is 2. The molecule has 1 aromatic heterocycles. The minimum absolute atomic E-state index is 0.169. The van der Waals surface area contributed by atoms with Gasteiger partial charge in [-0.3, -0.25) is 4.79 Å². The highest BCUT2D eigenvalue weighted by Gasteiger charge is 2.09. The van der Waals surface area contributed by atoms with E-state index in [1.54, 1.807) is 12.1 Å². The van der Waals surface area contributed by atoms with Crippen LogP contribution in [0, 0.1) is 0 Å². The Bertz CT molecular complexity index is 1020. The standard InChI is InChI=1S/C20H15BrCl2N2O3S/c21-13-3-1-12(2-4-13)17-8-6-15(28-17)10-24-20(29)25-19(26)11-27-18-7-5-14(22)9-16(18)23/h1-9H,10-11H2,(H2,24,25,26,29). The van der Waals surface area contributed by atoms with Crippen LogP contribution in [0.2, 0.25) is 10.0 Å². The normalized spacial score (nSPS) is 10.4. The molecule has 5 nitrogen and oxygen atoms in total. The maximum atomic E-state index is 12.0. The maximum Gasteiger partial charge on any atom is 0.264 e. The number of carbonyl (C=O) groups is 1. The lowest BCUT2D eigenvalue weighted by atomic mass is 10.2. The molecule has 29 heavy (non-hydrogen) atoms. The lowest BCUT2D eigenvalue weighted by Crippen LogP contribution is -2.41. The molecule has 2 N–H and O–H groups in total. The molecule has 0 bridgehead atoms. The van der Waals surface area contributed by atoms with Crippen LogP contribution in [-0.4, -0.2) is 17.6 Å². The molecule has 150 valence electrons. The highest BCUT2D eigenvalue weighted by atomic mass is 79.9. The van der Waals surface area contributed by atoms with Crippen molar-refractivity contribution in [3.63, 3.8) is 0 Å². The summed E-state index contributed by atoms with van der Waals surface area (Å²) in [5.74, 6) is 1.38. The Morgan fingerprint density at radius 3 is 2.59 bits per heavy atom. The van der Waals surface area contributed by atoms with E-state index in [4.69, 9.17) is 44.6 Å². The Balaban J connectivity index is 1.45. The SMILES string of the molecule is O=C(COc1ccc(Cl)cc1Cl)NC(=S)NCc1ccc(-c2ccc(Br)cc2)o1. The predicted molar refractivity (Wildman–Crippen MR) is 121 cm³/mol. The number of ether oxygens (including phenoxy) is 1. The van der Waals surface area contributed by atoms with Crippen LogP contribution in [0.4, 0.5) is 0 Å². The summed E-state index contributed by atoms with van der Waals surface area (Å²) < 4.78 is 12.2. The van der Waals surface area contributed by atoms with Gasteiger partial charge in [-0.2, -0.15) is 0 Å². The molecule has 0 spiro atoms. The molecule has 3 rings (SSSR count). The smallest absolute Gasteiger partial charge is 0.264 e. The highest BCUT2D eigenvalue weighted by molar-refractivity contribution is 9.10. The Morgan fingerprint density at radius 2 is 1.86 bits per heavy atom. The number of hydrogen-bond donors (Lipinski definition) is 2. The van der Waals surface area contributed by atoms with Gasteiger partial charge in [0, 0.05) is 15.1 Å². The fourth-order valence-electron chi connectivity index (χ4n) is 2.35. The van der Waals surface area contributed by atoms with Crippen LogP contribution in [0.1, 0.15) is 5.76 Å². The lowest BCUT2D eigenvalue weighted by Gasteiger charge is -2.10. The summed E-state index contributed by atoms with van der Waals surface area (Å²) in [6.07, 6.45) is 0. The van der Waals surface area contributed by atoms with Crippen molar-refractivity contribution in [3.05, 3.63) is 74.9 Å². The highest BCUT2D eigenvalue weighted by Crippen LogP contribution is 2.27. The van der Waals surface area contributed by atoms with Gasteiger partial charge in [0.15, 0.2) is 11.7 Å². The van der Waals surface area contributed by atoms with Crippen molar-refractivity contribution < 1.29 is 13.9 Å². The summed E-state index contributed by atoms with van der Waals surface area (Å²) in [7, 11) is 0. The number of rotatable bonds is 6. The molecule has 0 saturated carbocycles. The van der Waals surface area contributed by atoms with E-state index in [1.165, 1.54) is 6.07 Å². The van der Waals surface area contributed by atoms with Crippen molar-refractivity contribution in [2.45, 2.75) is 6.54 Å². The van der Waals surface area contributed by atoms with Crippen LogP contribution >= 0.6 is 51.3 Å². The van der Waals surface area contributed by atoms with Crippen LogP contribution in [0.3, 0.4) is 0 Å². The number of halogens is 3. The molecule has 2 aromatic carbocycles. The van der Waals surface area contributed by atoms with E-state index in [-0.39, 0.29) is 11.7 Å². The van der Waals surface area contributed by atoms with Gasteiger partial charge < -0.3 is 19.8 Å². The second kappa shape index (κ2) is 10.1. The number of furan rings is 1. The van der Waals surface area contributed by atoms with Gasteiger partial charge in [0.2, 0.25) is 0 Å². The molecular weight excluding hydrogens is 499 g/mol. The molecule has 9 heteroatoms. The fourth-order valence-corrected chi connectivity index (χ4v) is 3.27. The van der Waals surface area contributed by atoms with Crippen LogP contribution in [-0.2, 0) is 11.3 Å². The first-order chi connectivity index (χ1) is 13.9. The van der Waals surface area contributed by atoms with Gasteiger partial charge in [-0.1, -0.05) is 51.3 Å². The zero-order chi connectivity index (χ0) is 20.8. The Kier molecular flexibility index (Phi) is 7.55. The van der Waals surface area contributed by atoms with Gasteiger partial charge in [0.05, 0.1) is 11.6 Å². The van der Waals surface area contributed by atoms with Crippen molar-refractivity contribution in [1.82, 2.24) is 10.6 Å². The van der Waals surface area contributed by atoms with Crippen molar-refractivity contribution in [3.8, 4) is 17.1 Å². The van der Waals surface area contributed by atoms with Gasteiger partial charge in [-0.05, 0) is 54.7 Å². The molecule has 3 aromatic rings. The number of carbonyl (C=O) groups excluding carboxylic acids is 1. The number of hydrogen-bond acceptors (Lipinski definition) is 4. The van der Waals surface area contributed by atoms with Gasteiger partial charge in [-0.25, -0.2) is 0 Å². The summed E-state index contributed by atoms with van der Waals surface area (Å²) >= 11 is 20.4. The third-order valence-electron chi connectivity index (χ3n) is 3.72. The molecule has 0 fully saturated rings. The van der Waals surface area contributed by atoms with E-state index < -0.39 is 5.91 Å². The second-order valence-corrected chi connectivity index (χ2v) is 8.03. The Hall–Kier alpha value is -2.06. The van der Waals surface area contributed by atoms with E-state index in [2.05, 4.69) is 26.6 Å². The largest absolute Gasteiger partial charge is 0.482 e. The average molecular weight is 514 g/mol. The quantitative estimate of drug-likeness (QED) is 0.421. The number of benzene rings is 2. The Labute approximate surface area is 191 Å². The van der Waals surface area contributed by atoms with Gasteiger partial charge in [0.1, 0.15) is 17.3 Å². The monoisotopic (exact) mass is 512 g/mol. The lowest BCUT2D eigenvalue weighted by molar-refractivity contribution is -0.121. The molecule has 0 unspecified atom stereocenters. The van der Waals surface area contributed by atoms with Crippen LogP contribution in [0.15, 0.2) is 63.5 Å². The van der Waals surface area contributed by atoms with E-state index in [9.17, 15) is 4.79 Å². The first kappa shape index (κ1) is 21.6. The summed E-state index contributed by atoms with van der Waals surface area (Å²) in [5.41, 5.74) is 0.966. The van der Waals surface area contributed by atoms with E-state index in [1.807, 2.05) is 36.4 Å². The minimum Gasteiger partial charge on any atom is -0.482 e. The predicted octanol–water partition coefficient (Wildman–Crippen LogP) is 5.59. The molecule has 1 heterocycles. The minimum atomic E-state index is -0.413. The van der Waals surface area contributed by atoms with E-state index >= 15 is 0 Å². The summed E-state index contributed by atoms with van der Waals surface area (Å²) in [6, 6.07) is 16.3. The molecule has 0 atom stereocenters. The molecular formula is C20H15BrCl2N2O3S. The molecule has 0 aliphatic carbocycles. The Morgan fingerprint density at radius 1 is 1.10 bits per heavy atom. The number of amides is 1. The zero-order valence-electron chi connectivity index (χ0n) is 14.9. The molecule has 0 saturated heterocycles. The third-order valence-corrected chi connectivity index (χ3v) is 5.02. The first-order valence-corrected chi connectivity index (χ1v) is 10.4. The van der Waals surface area contributed by atoms with Crippen LogP contribution in [0.25, 0.3) is 11.3 Å². The molecule has 0 aliphatic rings. The van der Waals surface area contributed by atoms with Crippen molar-refractivity contribution >= 4 is 62.4 Å². The molecule has 0 radical (unpaired) electrons. The van der Waals surface area contributed by atoms with Crippen LogP contribution < -0.4 is 15.4 Å². The van der Waals surface area contributed by atoms with Crippen molar-refractivity contribution in [2.75, 3.05) is 6.61 Å². The zero-order valence-corrected chi connectivity index (χ0v) is 18.8. The maximum absolute atomic E-state index is 12.0. The van der Waals surface area contributed by atoms with Crippen molar-refractivity contribution in [1.29, 1.82) is 0 Å². The molecule has 1 amide bonds. The summed E-state index contributed by atoms with van der Waals surface area (Å²) in [5, 5.41) is 6.43. The van der Waals surface area contributed by atoms with Crippen LogP contribution in [0.5, 0.6) is 5.75 Å². The molecule has 0 aliphatic heterocycles. The van der Waals surface area contributed by atoms with E-state index in [0.29, 0.717) is 28.1 Å².